The van der Waals surface area contributed by atoms with Crippen molar-refractivity contribution >= 4 is 50.6 Å². The van der Waals surface area contributed by atoms with E-state index in [1.807, 2.05) is 22.6 Å². The van der Waals surface area contributed by atoms with Gasteiger partial charge in [-0.1, -0.05) is 0 Å². The summed E-state index contributed by atoms with van der Waals surface area (Å²) in [5.41, 5.74) is -0.243. The molecule has 0 fully saturated rings. The number of carbonyl (C=O) groups is 1. The lowest BCUT2D eigenvalue weighted by Crippen LogP contribution is -2.29. The molecule has 0 aliphatic heterocycles. The summed E-state index contributed by atoms with van der Waals surface area (Å²) in [5, 5.41) is 14.1. The molecular weight excluding hydrogens is 493 g/mol. The van der Waals surface area contributed by atoms with Gasteiger partial charge in [-0.3, -0.25) is 0 Å². The second-order valence-electron chi connectivity index (χ2n) is 4.82. The Balaban J connectivity index is 2.41. The lowest BCUT2D eigenvalue weighted by atomic mass is 10.2. The van der Waals surface area contributed by atoms with Crippen molar-refractivity contribution in [3.05, 3.63) is 33.2 Å². The summed E-state index contributed by atoms with van der Waals surface area (Å²) in [6.45, 7) is 1.53. The molecule has 1 heterocycles. The molecule has 0 saturated carbocycles. The molecule has 2 aromatic rings. The molecule has 1 N–H and O–H groups in total. The van der Waals surface area contributed by atoms with Gasteiger partial charge in [0.05, 0.1) is 25.8 Å². The van der Waals surface area contributed by atoms with E-state index >= 15 is 0 Å². The normalized spacial score (nSPS) is 11.8. The van der Waals surface area contributed by atoms with Crippen LogP contribution in [0.4, 0.5) is 5.95 Å². The van der Waals surface area contributed by atoms with Gasteiger partial charge in [-0.05, 0) is 47.7 Å². The summed E-state index contributed by atoms with van der Waals surface area (Å²) in [5.74, 6) is -0.872. The van der Waals surface area contributed by atoms with Gasteiger partial charge in [0.2, 0.25) is 5.95 Å². The molecule has 0 saturated heterocycles. The van der Waals surface area contributed by atoms with Crippen LogP contribution in [-0.4, -0.2) is 49.6 Å². The predicted octanol–water partition coefficient (Wildman–Crippen LogP) is 0.0969. The highest BCUT2D eigenvalue weighted by Crippen LogP contribution is 2.22. The highest BCUT2D eigenvalue weighted by atomic mass is 127. The molecule has 0 aliphatic rings. The second kappa shape index (κ2) is 8.43. The highest BCUT2D eigenvalue weighted by molar-refractivity contribution is 14.1. The fourth-order valence-electron chi connectivity index (χ4n) is 1.87. The molecule has 144 valence electrons. The molecule has 0 aliphatic carbocycles. The van der Waals surface area contributed by atoms with Gasteiger partial charge in [0, 0.05) is 3.57 Å². The summed E-state index contributed by atoms with van der Waals surface area (Å²) in [6.07, 6.45) is 0. The molecule has 11 nitrogen and oxygen atoms in total. The molecule has 0 unspecified atom stereocenters. The summed E-state index contributed by atoms with van der Waals surface area (Å²) in [4.78, 5) is 22.8. The number of nitrogens with one attached hydrogen (secondary N) is 1. The Labute approximate surface area is 168 Å². The maximum Gasteiger partial charge on any atom is 0.339 e. The third-order valence-corrected chi connectivity index (χ3v) is 4.93. The van der Waals surface area contributed by atoms with Gasteiger partial charge in [-0.15, -0.1) is 0 Å². The van der Waals surface area contributed by atoms with Crippen LogP contribution in [0.2, 0.25) is 0 Å². The standard InChI is InChI=1S/C14H14IN5O6S/c1-7-16-12(19-14(17-7)26-3)18-13(22)20-27(23,24)10-6-8(15)4-5-9(10)11(21)25-2/h4-6H,1-3H3,(H2,16,17,18,19,20,22)/p-1. The van der Waals surface area contributed by atoms with E-state index < -0.39 is 26.9 Å². The Bertz CT molecular complexity index is 1010. The molecule has 0 amide bonds. The molecule has 0 spiro atoms. The topological polar surface area (TPSA) is 156 Å². The average molecular weight is 506 g/mol. The van der Waals surface area contributed by atoms with Crippen LogP contribution in [0.25, 0.3) is 0 Å². The van der Waals surface area contributed by atoms with E-state index in [-0.39, 0.29) is 23.3 Å². The number of carbonyl (C=O) groups excluding carboxylic acids is 1. The third-order valence-electron chi connectivity index (χ3n) is 2.96. The molecule has 1 aromatic heterocycles. The Kier molecular flexibility index (Phi) is 6.48. The van der Waals surface area contributed by atoms with E-state index in [1.165, 1.54) is 32.2 Å². The van der Waals surface area contributed by atoms with Crippen LogP contribution >= 0.6 is 22.6 Å². The van der Waals surface area contributed by atoms with E-state index in [9.17, 15) is 18.3 Å². The van der Waals surface area contributed by atoms with Gasteiger partial charge >= 0.3 is 12.0 Å². The molecule has 0 bridgehead atoms. The third kappa shape index (κ3) is 5.22. The van der Waals surface area contributed by atoms with Crippen LogP contribution in [0.3, 0.4) is 0 Å². The van der Waals surface area contributed by atoms with Crippen LogP contribution in [0.1, 0.15) is 16.2 Å². The number of benzene rings is 1. The van der Waals surface area contributed by atoms with Crippen molar-refractivity contribution in [2.75, 3.05) is 19.5 Å². The van der Waals surface area contributed by atoms with Crippen LogP contribution in [0.5, 0.6) is 6.01 Å². The van der Waals surface area contributed by atoms with Crippen molar-refractivity contribution in [3.63, 3.8) is 0 Å². The largest absolute Gasteiger partial charge is 0.845 e. The number of rotatable bonds is 5. The molecule has 0 atom stereocenters. The minimum absolute atomic E-state index is 0.0637. The van der Waals surface area contributed by atoms with Gasteiger partial charge < -0.3 is 19.9 Å². The van der Waals surface area contributed by atoms with Crippen molar-refractivity contribution in [2.45, 2.75) is 11.8 Å². The zero-order valence-electron chi connectivity index (χ0n) is 14.3. The Morgan fingerprint density at radius 2 is 1.96 bits per heavy atom. The maximum absolute atomic E-state index is 12.5. The van der Waals surface area contributed by atoms with Crippen molar-refractivity contribution in [3.8, 4) is 6.01 Å². The number of halogens is 1. The number of aromatic nitrogens is 3. The highest BCUT2D eigenvalue weighted by Gasteiger charge is 2.23. The van der Waals surface area contributed by atoms with Crippen molar-refractivity contribution in [1.29, 1.82) is 0 Å². The van der Waals surface area contributed by atoms with Gasteiger partial charge in [0.1, 0.15) is 10.7 Å². The van der Waals surface area contributed by atoms with Crippen LogP contribution in [-0.2, 0) is 14.8 Å². The van der Waals surface area contributed by atoms with Crippen LogP contribution in [0, 0.1) is 10.5 Å². The summed E-state index contributed by atoms with van der Waals surface area (Å²) in [6, 6.07) is 2.68. The average Bonchev–Trinajstić information content (AvgIpc) is 2.59. The fraction of sp³-hybridized carbons (Fsp3) is 0.214. The first-order valence-electron chi connectivity index (χ1n) is 7.10. The number of nitrogens with zero attached hydrogens (tertiary/aromatic N) is 4. The zero-order chi connectivity index (χ0) is 20.2. The minimum Gasteiger partial charge on any atom is -0.845 e. The molecule has 2 rings (SSSR count). The molecule has 27 heavy (non-hydrogen) atoms. The second-order valence-corrected chi connectivity index (χ2v) is 7.64. The van der Waals surface area contributed by atoms with E-state index in [1.54, 1.807) is 0 Å². The van der Waals surface area contributed by atoms with Gasteiger partial charge in [0.25, 0.3) is 10.0 Å². The SMILES string of the molecule is COC(=O)c1ccc(I)cc1S(=O)(=O)/N=C(/[O-])Nc1nc(C)nc(OC)n1. The summed E-state index contributed by atoms with van der Waals surface area (Å²) < 4.78 is 38.1. The summed E-state index contributed by atoms with van der Waals surface area (Å²) >= 11 is 1.86. The Morgan fingerprint density at radius 1 is 1.26 bits per heavy atom. The van der Waals surface area contributed by atoms with E-state index in [0.717, 1.165) is 7.11 Å². The number of amidine groups is 1. The molecular formula is C14H13IN5O6S-. The fourth-order valence-corrected chi connectivity index (χ4v) is 3.64. The Morgan fingerprint density at radius 3 is 2.59 bits per heavy atom. The monoisotopic (exact) mass is 506 g/mol. The number of esters is 1. The number of hydrogen-bond donors (Lipinski definition) is 1. The van der Waals surface area contributed by atoms with Crippen LogP contribution < -0.4 is 15.2 Å². The number of hydrogen-bond acceptors (Lipinski definition) is 9. The first-order valence-corrected chi connectivity index (χ1v) is 9.61. The minimum atomic E-state index is -4.51. The number of ether oxygens (including phenoxy) is 2. The quantitative estimate of drug-likeness (QED) is 0.255. The molecule has 13 heteroatoms. The van der Waals surface area contributed by atoms with Gasteiger partial charge in [-0.25, -0.2) is 4.79 Å². The molecule has 0 radical (unpaired) electrons. The maximum atomic E-state index is 12.5. The Hall–Kier alpha value is -2.55. The van der Waals surface area contributed by atoms with Gasteiger partial charge in [-0.2, -0.15) is 27.8 Å². The number of methoxy groups -OCH3 is 2. The number of aryl methyl sites for hydroxylation is 1. The lowest BCUT2D eigenvalue weighted by molar-refractivity contribution is -0.213. The van der Waals surface area contributed by atoms with Gasteiger partial charge in [0.15, 0.2) is 0 Å². The first kappa shape index (κ1) is 20.8. The zero-order valence-corrected chi connectivity index (χ0v) is 17.2. The number of sulfonamides is 1. The van der Waals surface area contributed by atoms with Crippen LogP contribution in [0.15, 0.2) is 27.5 Å². The van der Waals surface area contributed by atoms with E-state index in [2.05, 4.69) is 29.4 Å². The number of anilines is 1. The first-order chi connectivity index (χ1) is 12.7. The lowest BCUT2D eigenvalue weighted by Gasteiger charge is -2.13. The van der Waals surface area contributed by atoms with E-state index in [0.29, 0.717) is 3.57 Å². The predicted molar refractivity (Wildman–Crippen MR) is 99.9 cm³/mol. The van der Waals surface area contributed by atoms with Crippen molar-refractivity contribution in [1.82, 2.24) is 15.0 Å². The summed E-state index contributed by atoms with van der Waals surface area (Å²) in [7, 11) is -2.08. The smallest absolute Gasteiger partial charge is 0.339 e. The van der Waals surface area contributed by atoms with E-state index in [4.69, 9.17) is 4.74 Å². The molecule has 1 aromatic carbocycles. The van der Waals surface area contributed by atoms with Crippen molar-refractivity contribution in [2.24, 2.45) is 4.40 Å². The van der Waals surface area contributed by atoms with Crippen molar-refractivity contribution < 1.29 is 27.8 Å².